The topological polar surface area (TPSA) is 86.6 Å². The van der Waals surface area contributed by atoms with E-state index < -0.39 is 5.97 Å². The Morgan fingerprint density at radius 1 is 1.16 bits per heavy atom. The number of hydrogen-bond donors (Lipinski definition) is 1. The fourth-order valence-electron chi connectivity index (χ4n) is 3.84. The fraction of sp³-hybridized carbons (Fsp3) is 0.529. The standard InChI is InChI=1S/C17H20N4O3S/c22-16(20-7-3-11(4-8-20)17(23)24)13-2-1-6-21(13)14-12-5-9-25-15(12)19-10-18-14/h5,9-11,13H,1-4,6-8H2,(H,23,24). The van der Waals surface area contributed by atoms with Crippen LogP contribution >= 0.6 is 11.3 Å². The van der Waals surface area contributed by atoms with Crippen LogP contribution in [-0.4, -0.2) is 57.5 Å². The second-order valence-electron chi connectivity index (χ2n) is 6.63. The number of rotatable bonds is 3. The Hall–Kier alpha value is -2.22. The van der Waals surface area contributed by atoms with E-state index in [4.69, 9.17) is 5.11 Å². The molecule has 1 unspecified atom stereocenters. The fourth-order valence-corrected chi connectivity index (χ4v) is 4.57. The van der Waals surface area contributed by atoms with Gasteiger partial charge in [-0.05, 0) is 37.1 Å². The quantitative estimate of drug-likeness (QED) is 0.901. The van der Waals surface area contributed by atoms with Crippen molar-refractivity contribution >= 4 is 39.2 Å². The van der Waals surface area contributed by atoms with Gasteiger partial charge in [-0.1, -0.05) is 0 Å². The van der Waals surface area contributed by atoms with Crippen LogP contribution < -0.4 is 4.90 Å². The van der Waals surface area contributed by atoms with E-state index in [0.29, 0.717) is 25.9 Å². The number of anilines is 1. The van der Waals surface area contributed by atoms with E-state index in [1.807, 2.05) is 16.3 Å². The predicted molar refractivity (Wildman–Crippen MR) is 94.7 cm³/mol. The molecule has 2 aliphatic rings. The zero-order valence-corrected chi connectivity index (χ0v) is 14.6. The molecule has 4 rings (SSSR count). The Labute approximate surface area is 149 Å². The Morgan fingerprint density at radius 3 is 2.72 bits per heavy atom. The lowest BCUT2D eigenvalue weighted by atomic mass is 9.96. The predicted octanol–water partition coefficient (Wildman–Crippen LogP) is 1.98. The maximum atomic E-state index is 13.0. The van der Waals surface area contributed by atoms with E-state index >= 15 is 0 Å². The van der Waals surface area contributed by atoms with Gasteiger partial charge in [-0.2, -0.15) is 0 Å². The van der Waals surface area contributed by atoms with Crippen molar-refractivity contribution in [2.45, 2.75) is 31.7 Å². The van der Waals surface area contributed by atoms with Crippen LogP contribution in [0.15, 0.2) is 17.8 Å². The van der Waals surface area contributed by atoms with Gasteiger partial charge in [-0.15, -0.1) is 11.3 Å². The minimum absolute atomic E-state index is 0.100. The van der Waals surface area contributed by atoms with Gasteiger partial charge in [0.25, 0.3) is 0 Å². The first-order valence-corrected chi connectivity index (χ1v) is 9.49. The first kappa shape index (κ1) is 16.3. The number of thiophene rings is 1. The highest BCUT2D eigenvalue weighted by Gasteiger charge is 2.37. The third-order valence-electron chi connectivity index (χ3n) is 5.21. The number of nitrogens with zero attached hydrogens (tertiary/aromatic N) is 4. The molecule has 4 heterocycles. The molecule has 1 amide bonds. The van der Waals surface area contributed by atoms with Gasteiger partial charge in [0.05, 0.1) is 11.3 Å². The maximum Gasteiger partial charge on any atom is 0.306 e. The molecule has 2 aliphatic heterocycles. The maximum absolute atomic E-state index is 13.0. The Morgan fingerprint density at radius 2 is 1.96 bits per heavy atom. The molecular weight excluding hydrogens is 340 g/mol. The summed E-state index contributed by atoms with van der Waals surface area (Å²) in [5, 5.41) is 12.1. The van der Waals surface area contributed by atoms with Gasteiger partial charge in [0.2, 0.25) is 5.91 Å². The molecule has 2 saturated heterocycles. The summed E-state index contributed by atoms with van der Waals surface area (Å²) in [6.07, 6.45) is 4.41. The molecular formula is C17H20N4O3S. The molecule has 0 spiro atoms. The Balaban J connectivity index is 1.53. The summed E-state index contributed by atoms with van der Waals surface area (Å²) >= 11 is 1.57. The van der Waals surface area contributed by atoms with E-state index in [1.165, 1.54) is 0 Å². The molecule has 8 heteroatoms. The van der Waals surface area contributed by atoms with Gasteiger partial charge in [0.1, 0.15) is 23.0 Å². The molecule has 132 valence electrons. The number of carbonyl (C=O) groups excluding carboxylic acids is 1. The second-order valence-corrected chi connectivity index (χ2v) is 7.52. The first-order valence-electron chi connectivity index (χ1n) is 8.61. The summed E-state index contributed by atoms with van der Waals surface area (Å²) in [7, 11) is 0. The summed E-state index contributed by atoms with van der Waals surface area (Å²) in [4.78, 5) is 37.7. The number of piperidine rings is 1. The van der Waals surface area contributed by atoms with Crippen LogP contribution in [0.5, 0.6) is 0 Å². The molecule has 0 saturated carbocycles. The normalized spacial score (nSPS) is 21.8. The number of carbonyl (C=O) groups is 2. The minimum Gasteiger partial charge on any atom is -0.481 e. The Kier molecular flexibility index (Phi) is 4.29. The average molecular weight is 360 g/mol. The highest BCUT2D eigenvalue weighted by Crippen LogP contribution is 2.32. The van der Waals surface area contributed by atoms with E-state index in [1.54, 1.807) is 17.7 Å². The van der Waals surface area contributed by atoms with E-state index in [9.17, 15) is 9.59 Å². The average Bonchev–Trinajstić information content (AvgIpc) is 3.30. The molecule has 0 aromatic carbocycles. The monoisotopic (exact) mass is 360 g/mol. The smallest absolute Gasteiger partial charge is 0.306 e. The lowest BCUT2D eigenvalue weighted by molar-refractivity contribution is -0.146. The largest absolute Gasteiger partial charge is 0.481 e. The summed E-state index contributed by atoms with van der Waals surface area (Å²) in [5.41, 5.74) is 0. The third kappa shape index (κ3) is 2.95. The number of aromatic nitrogens is 2. The van der Waals surface area contributed by atoms with Gasteiger partial charge < -0.3 is 14.9 Å². The van der Waals surface area contributed by atoms with Gasteiger partial charge in [0, 0.05) is 19.6 Å². The Bertz CT molecular complexity index is 800. The number of carboxylic acid groups (broad SMARTS) is 1. The summed E-state index contributed by atoms with van der Waals surface area (Å²) < 4.78 is 0. The SMILES string of the molecule is O=C(O)C1CCN(C(=O)C2CCCN2c2ncnc3sccc23)CC1. The highest BCUT2D eigenvalue weighted by molar-refractivity contribution is 7.16. The summed E-state index contributed by atoms with van der Waals surface area (Å²) in [6, 6.07) is 1.80. The van der Waals surface area contributed by atoms with Crippen molar-refractivity contribution in [1.82, 2.24) is 14.9 Å². The molecule has 25 heavy (non-hydrogen) atoms. The summed E-state index contributed by atoms with van der Waals surface area (Å²) in [5.74, 6) is -0.141. The van der Waals surface area contributed by atoms with Gasteiger partial charge in [-0.3, -0.25) is 9.59 Å². The van der Waals surface area contributed by atoms with E-state index in [0.717, 1.165) is 35.4 Å². The zero-order chi connectivity index (χ0) is 17.4. The molecule has 0 aliphatic carbocycles. The van der Waals surface area contributed by atoms with Crippen molar-refractivity contribution < 1.29 is 14.7 Å². The zero-order valence-electron chi connectivity index (χ0n) is 13.8. The number of aliphatic carboxylic acids is 1. The van der Waals surface area contributed by atoms with E-state index in [2.05, 4.69) is 14.9 Å². The molecule has 0 bridgehead atoms. The molecule has 0 radical (unpaired) electrons. The van der Waals surface area contributed by atoms with Crippen LogP contribution in [0, 0.1) is 5.92 Å². The van der Waals surface area contributed by atoms with Crippen LogP contribution in [0.4, 0.5) is 5.82 Å². The number of likely N-dealkylation sites (tertiary alicyclic amines) is 1. The van der Waals surface area contributed by atoms with Crippen LogP contribution in [0.3, 0.4) is 0 Å². The number of carboxylic acids is 1. The highest BCUT2D eigenvalue weighted by atomic mass is 32.1. The van der Waals surface area contributed by atoms with Crippen molar-refractivity contribution in [1.29, 1.82) is 0 Å². The number of fused-ring (bicyclic) bond motifs is 1. The first-order chi connectivity index (χ1) is 12.1. The van der Waals surface area contributed by atoms with Crippen LogP contribution in [0.2, 0.25) is 0 Å². The second kappa shape index (κ2) is 6.59. The van der Waals surface area contributed by atoms with E-state index in [-0.39, 0.29) is 17.9 Å². The lowest BCUT2D eigenvalue weighted by Gasteiger charge is -2.34. The van der Waals surface area contributed by atoms with Crippen LogP contribution in [0.25, 0.3) is 10.2 Å². The summed E-state index contributed by atoms with van der Waals surface area (Å²) in [6.45, 7) is 1.86. The van der Waals surface area contributed by atoms with Crippen molar-refractivity contribution in [2.75, 3.05) is 24.5 Å². The van der Waals surface area contributed by atoms with Crippen molar-refractivity contribution in [2.24, 2.45) is 5.92 Å². The number of amides is 1. The molecule has 2 aromatic rings. The lowest BCUT2D eigenvalue weighted by Crippen LogP contribution is -2.49. The van der Waals surface area contributed by atoms with Gasteiger partial charge >= 0.3 is 5.97 Å². The number of hydrogen-bond acceptors (Lipinski definition) is 6. The van der Waals surface area contributed by atoms with Crippen LogP contribution in [0.1, 0.15) is 25.7 Å². The molecule has 2 aromatic heterocycles. The van der Waals surface area contributed by atoms with Gasteiger partial charge in [0.15, 0.2) is 0 Å². The van der Waals surface area contributed by atoms with Crippen molar-refractivity contribution in [3.05, 3.63) is 17.8 Å². The van der Waals surface area contributed by atoms with Crippen molar-refractivity contribution in [3.8, 4) is 0 Å². The molecule has 7 nitrogen and oxygen atoms in total. The third-order valence-corrected chi connectivity index (χ3v) is 6.03. The van der Waals surface area contributed by atoms with Crippen molar-refractivity contribution in [3.63, 3.8) is 0 Å². The molecule has 1 atom stereocenters. The molecule has 2 fully saturated rings. The molecule has 1 N–H and O–H groups in total. The minimum atomic E-state index is -0.754. The van der Waals surface area contributed by atoms with Crippen LogP contribution in [-0.2, 0) is 9.59 Å². The van der Waals surface area contributed by atoms with Gasteiger partial charge in [-0.25, -0.2) is 9.97 Å².